The molecule has 100 valence electrons. The molecule has 2 aromatic rings. The van der Waals surface area contributed by atoms with Crippen molar-refractivity contribution in [2.45, 2.75) is 25.7 Å². The van der Waals surface area contributed by atoms with Crippen molar-refractivity contribution in [3.63, 3.8) is 0 Å². The molecule has 0 atom stereocenters. The number of para-hydroxylation sites is 1. The average Bonchev–Trinajstić information content (AvgIpc) is 2.72. The van der Waals surface area contributed by atoms with Crippen LogP contribution in [0.1, 0.15) is 31.2 Å². The Morgan fingerprint density at radius 2 is 2.10 bits per heavy atom. The normalized spacial score (nSPS) is 17.6. The second kappa shape index (κ2) is 4.93. The molecule has 4 heteroatoms. The lowest BCUT2D eigenvalue weighted by Gasteiger charge is -2.11. The maximum absolute atomic E-state index is 11.5. The highest BCUT2D eigenvalue weighted by atomic mass is 16.1. The van der Waals surface area contributed by atoms with Crippen molar-refractivity contribution < 1.29 is 4.79 Å². The van der Waals surface area contributed by atoms with Crippen molar-refractivity contribution >= 4 is 28.2 Å². The second-order valence-electron chi connectivity index (χ2n) is 5.13. The first-order valence-electron chi connectivity index (χ1n) is 6.76. The van der Waals surface area contributed by atoms with E-state index in [1.165, 1.54) is 0 Å². The summed E-state index contributed by atoms with van der Waals surface area (Å²) in [5.74, 6) is 0.908. The Kier molecular flexibility index (Phi) is 3.11. The Labute approximate surface area is 117 Å². The van der Waals surface area contributed by atoms with Crippen LogP contribution in [-0.2, 0) is 11.8 Å². The van der Waals surface area contributed by atoms with Gasteiger partial charge in [-0.15, -0.1) is 0 Å². The molecule has 1 aliphatic carbocycles. The third kappa shape index (κ3) is 2.01. The van der Waals surface area contributed by atoms with Gasteiger partial charge in [0.25, 0.3) is 0 Å². The summed E-state index contributed by atoms with van der Waals surface area (Å²) in [5.41, 5.74) is 2.47. The number of Topliss-reactive ketones (excluding diaryl/α,β-unsaturated/α-hetero) is 1. The van der Waals surface area contributed by atoms with E-state index in [0.717, 1.165) is 29.5 Å². The van der Waals surface area contributed by atoms with Gasteiger partial charge >= 0.3 is 0 Å². The topological polar surface area (TPSA) is 58.1 Å². The molecule has 0 aliphatic heterocycles. The quantitative estimate of drug-likeness (QED) is 0.794. The fourth-order valence-electron chi connectivity index (χ4n) is 2.76. The van der Waals surface area contributed by atoms with E-state index in [9.17, 15) is 10.1 Å². The maximum Gasteiger partial charge on any atom is 0.151 e. The van der Waals surface area contributed by atoms with Gasteiger partial charge in [0.1, 0.15) is 17.4 Å². The summed E-state index contributed by atoms with van der Waals surface area (Å²) in [6, 6.07) is 10.0. The molecule has 1 fully saturated rings. The minimum absolute atomic E-state index is 0.243. The highest BCUT2D eigenvalue weighted by molar-refractivity contribution is 6.05. The van der Waals surface area contributed by atoms with Crippen LogP contribution in [0.3, 0.4) is 0 Å². The number of nitrogens with zero attached hydrogens (tertiary/aromatic N) is 3. The highest BCUT2D eigenvalue weighted by Gasteiger charge is 2.18. The Bertz CT molecular complexity index is 762. The lowest BCUT2D eigenvalue weighted by Crippen LogP contribution is -2.14. The zero-order valence-corrected chi connectivity index (χ0v) is 11.4. The third-order valence-electron chi connectivity index (χ3n) is 3.77. The Morgan fingerprint density at radius 1 is 1.30 bits per heavy atom. The summed E-state index contributed by atoms with van der Waals surface area (Å²) < 4.78 is 1.93. The fraction of sp³-hybridized carbons (Fsp3) is 0.312. The van der Waals surface area contributed by atoms with Gasteiger partial charge in [-0.2, -0.15) is 5.26 Å². The molecule has 1 saturated carbocycles. The van der Waals surface area contributed by atoms with Gasteiger partial charge in [0, 0.05) is 31.0 Å². The number of benzene rings is 1. The van der Waals surface area contributed by atoms with E-state index < -0.39 is 0 Å². The smallest absolute Gasteiger partial charge is 0.151 e. The van der Waals surface area contributed by atoms with Crippen LogP contribution in [0, 0.1) is 11.3 Å². The van der Waals surface area contributed by atoms with Crippen molar-refractivity contribution in [2.24, 2.45) is 12.0 Å². The molecule has 1 heterocycles. The number of rotatable bonds is 1. The number of hydrogen-bond donors (Lipinski definition) is 0. The lowest BCUT2D eigenvalue weighted by molar-refractivity contribution is -0.118. The van der Waals surface area contributed by atoms with E-state index in [4.69, 9.17) is 0 Å². The molecule has 20 heavy (non-hydrogen) atoms. The van der Waals surface area contributed by atoms with Gasteiger partial charge < -0.3 is 4.57 Å². The fourth-order valence-corrected chi connectivity index (χ4v) is 2.76. The van der Waals surface area contributed by atoms with E-state index in [0.29, 0.717) is 24.2 Å². The van der Waals surface area contributed by atoms with E-state index >= 15 is 0 Å². The monoisotopic (exact) mass is 265 g/mol. The predicted octanol–water partition coefficient (Wildman–Crippen LogP) is 3.27. The van der Waals surface area contributed by atoms with Gasteiger partial charge in [0.05, 0.1) is 5.52 Å². The van der Waals surface area contributed by atoms with Gasteiger partial charge in [-0.25, -0.2) is 4.99 Å². The van der Waals surface area contributed by atoms with Crippen LogP contribution in [0.25, 0.3) is 10.9 Å². The highest BCUT2D eigenvalue weighted by Crippen LogP contribution is 2.31. The first-order valence-corrected chi connectivity index (χ1v) is 6.76. The van der Waals surface area contributed by atoms with E-state index in [2.05, 4.69) is 11.1 Å². The standard InChI is InChI=1S/C16H15N3O/c1-19-15-8-3-2-7-13(15)14(10-17)16(19)18-11-5-4-6-12(20)9-11/h2-3,7-8H,4-6,9H2,1H3. The number of aliphatic imine (C=N–C) groups is 1. The predicted molar refractivity (Wildman–Crippen MR) is 78.2 cm³/mol. The summed E-state index contributed by atoms with van der Waals surface area (Å²) in [6.45, 7) is 0. The molecule has 4 nitrogen and oxygen atoms in total. The number of ketones is 1. The molecule has 3 rings (SSSR count). The number of aryl methyl sites for hydroxylation is 1. The number of hydrogen-bond acceptors (Lipinski definition) is 3. The summed E-state index contributed by atoms with van der Waals surface area (Å²) in [5, 5.41) is 10.3. The molecule has 0 N–H and O–H groups in total. The molecule has 1 aromatic heterocycles. The van der Waals surface area contributed by atoms with Gasteiger partial charge in [-0.3, -0.25) is 4.79 Å². The zero-order chi connectivity index (χ0) is 14.1. The van der Waals surface area contributed by atoms with Crippen LogP contribution >= 0.6 is 0 Å². The molecule has 0 radical (unpaired) electrons. The number of nitriles is 1. The van der Waals surface area contributed by atoms with Crippen LogP contribution in [0.15, 0.2) is 29.3 Å². The van der Waals surface area contributed by atoms with E-state index in [1.807, 2.05) is 35.9 Å². The van der Waals surface area contributed by atoms with Crippen LogP contribution in [0.4, 0.5) is 5.82 Å². The van der Waals surface area contributed by atoms with Crippen LogP contribution in [0.2, 0.25) is 0 Å². The molecule has 0 bridgehead atoms. The summed E-state index contributed by atoms with van der Waals surface area (Å²) in [4.78, 5) is 16.1. The Hall–Kier alpha value is -2.41. The average molecular weight is 265 g/mol. The maximum atomic E-state index is 11.5. The molecular formula is C16H15N3O. The number of aromatic nitrogens is 1. The van der Waals surface area contributed by atoms with Crippen LogP contribution < -0.4 is 0 Å². The molecule has 1 aromatic carbocycles. The third-order valence-corrected chi connectivity index (χ3v) is 3.77. The van der Waals surface area contributed by atoms with Crippen molar-refractivity contribution in [1.29, 1.82) is 5.26 Å². The van der Waals surface area contributed by atoms with Crippen molar-refractivity contribution in [3.05, 3.63) is 29.8 Å². The number of fused-ring (bicyclic) bond motifs is 1. The van der Waals surface area contributed by atoms with E-state index in [-0.39, 0.29) is 5.78 Å². The van der Waals surface area contributed by atoms with Crippen molar-refractivity contribution in [1.82, 2.24) is 4.57 Å². The summed E-state index contributed by atoms with van der Waals surface area (Å²) in [6.07, 6.45) is 2.78. The largest absolute Gasteiger partial charge is 0.328 e. The lowest BCUT2D eigenvalue weighted by atomic mass is 9.97. The van der Waals surface area contributed by atoms with Crippen molar-refractivity contribution in [2.75, 3.05) is 0 Å². The van der Waals surface area contributed by atoms with Gasteiger partial charge in [-0.1, -0.05) is 18.2 Å². The SMILES string of the molecule is Cn1c(N=C2CCCC(=O)C2)c(C#N)c2ccccc21. The summed E-state index contributed by atoms with van der Waals surface area (Å²) >= 11 is 0. The Balaban J connectivity index is 2.16. The molecule has 0 unspecified atom stereocenters. The molecular weight excluding hydrogens is 250 g/mol. The van der Waals surface area contributed by atoms with E-state index in [1.54, 1.807) is 0 Å². The summed E-state index contributed by atoms with van der Waals surface area (Å²) in [7, 11) is 1.91. The minimum Gasteiger partial charge on any atom is -0.328 e. The number of carbonyl (C=O) groups excluding carboxylic acids is 1. The van der Waals surface area contributed by atoms with Crippen molar-refractivity contribution in [3.8, 4) is 6.07 Å². The number of carbonyl (C=O) groups is 1. The molecule has 0 spiro atoms. The first kappa shape index (κ1) is 12.6. The second-order valence-corrected chi connectivity index (χ2v) is 5.13. The van der Waals surface area contributed by atoms with Crippen LogP contribution in [-0.4, -0.2) is 16.1 Å². The molecule has 1 aliphatic rings. The Morgan fingerprint density at radius 3 is 2.85 bits per heavy atom. The molecule has 0 amide bonds. The van der Waals surface area contributed by atoms with Gasteiger partial charge in [-0.05, 0) is 18.9 Å². The van der Waals surface area contributed by atoms with Gasteiger partial charge in [0.15, 0.2) is 5.82 Å². The van der Waals surface area contributed by atoms with Gasteiger partial charge in [0.2, 0.25) is 0 Å². The first-order chi connectivity index (χ1) is 9.70. The minimum atomic E-state index is 0.243. The zero-order valence-electron chi connectivity index (χ0n) is 11.4. The van der Waals surface area contributed by atoms with Crippen LogP contribution in [0.5, 0.6) is 0 Å². The molecule has 0 saturated heterocycles.